The van der Waals surface area contributed by atoms with Gasteiger partial charge in [0.25, 0.3) is 5.91 Å². The Morgan fingerprint density at radius 1 is 1.22 bits per heavy atom. The Hall–Kier alpha value is -3.13. The van der Waals surface area contributed by atoms with Crippen molar-refractivity contribution in [3.8, 4) is 6.07 Å². The van der Waals surface area contributed by atoms with E-state index in [-0.39, 0.29) is 0 Å². The van der Waals surface area contributed by atoms with Crippen molar-refractivity contribution >= 4 is 11.8 Å². The van der Waals surface area contributed by atoms with Crippen molar-refractivity contribution in [3.63, 3.8) is 0 Å². The molecule has 0 fully saturated rings. The van der Waals surface area contributed by atoms with Crippen LogP contribution >= 0.6 is 0 Å². The van der Waals surface area contributed by atoms with Crippen LogP contribution in [0, 0.1) is 18.3 Å². The molecule has 3 N–H and O–H groups in total. The number of amides is 2. The summed E-state index contributed by atoms with van der Waals surface area (Å²) in [4.78, 5) is 23.8. The third kappa shape index (κ3) is 4.42. The first-order chi connectivity index (χ1) is 11.0. The van der Waals surface area contributed by atoms with Gasteiger partial charge in [-0.2, -0.15) is 5.26 Å². The lowest BCUT2D eigenvalue weighted by Crippen LogP contribution is -2.45. The standard InChI is InChI=1S/C18H17N3O2/c1-12-3-2-4-14(9-12)10-16(17(20)22)21-18(23)15-7-5-13(11-19)6-8-15/h2-9,16H,10H2,1H3,(H2,20,22)(H,21,23)/t16-/m1/s1. The lowest BCUT2D eigenvalue weighted by molar-refractivity contribution is -0.119. The molecule has 0 radical (unpaired) electrons. The fraction of sp³-hybridized carbons (Fsp3) is 0.167. The van der Waals surface area contributed by atoms with Gasteiger partial charge in [-0.15, -0.1) is 0 Å². The molecule has 23 heavy (non-hydrogen) atoms. The van der Waals surface area contributed by atoms with E-state index in [1.807, 2.05) is 37.3 Å². The average Bonchev–Trinajstić information content (AvgIpc) is 2.54. The van der Waals surface area contributed by atoms with Gasteiger partial charge in [0.05, 0.1) is 11.6 Å². The zero-order valence-corrected chi connectivity index (χ0v) is 12.7. The first kappa shape index (κ1) is 16.2. The Labute approximate surface area is 134 Å². The lowest BCUT2D eigenvalue weighted by Gasteiger charge is -2.16. The van der Waals surface area contributed by atoms with Crippen LogP contribution in [0.4, 0.5) is 0 Å². The number of nitrogens with one attached hydrogen (secondary N) is 1. The molecule has 2 amide bonds. The van der Waals surface area contributed by atoms with E-state index in [2.05, 4.69) is 5.32 Å². The van der Waals surface area contributed by atoms with E-state index in [1.54, 1.807) is 24.3 Å². The quantitative estimate of drug-likeness (QED) is 0.879. The van der Waals surface area contributed by atoms with Crippen LogP contribution in [0.1, 0.15) is 27.0 Å². The van der Waals surface area contributed by atoms with E-state index in [4.69, 9.17) is 11.0 Å². The molecule has 0 aliphatic heterocycles. The number of hydrogen-bond acceptors (Lipinski definition) is 3. The van der Waals surface area contributed by atoms with E-state index >= 15 is 0 Å². The van der Waals surface area contributed by atoms with Gasteiger partial charge in [0.2, 0.25) is 5.91 Å². The Kier molecular flexibility index (Phi) is 5.11. The molecular formula is C18H17N3O2. The number of benzene rings is 2. The van der Waals surface area contributed by atoms with Crippen molar-refractivity contribution in [2.24, 2.45) is 5.73 Å². The summed E-state index contributed by atoms with van der Waals surface area (Å²) in [6.07, 6.45) is 0.332. The summed E-state index contributed by atoms with van der Waals surface area (Å²) in [5, 5.41) is 11.4. The van der Waals surface area contributed by atoms with Crippen LogP contribution in [0.15, 0.2) is 48.5 Å². The van der Waals surface area contributed by atoms with Crippen LogP contribution in [0.3, 0.4) is 0 Å². The van der Waals surface area contributed by atoms with Gasteiger partial charge in [-0.1, -0.05) is 29.8 Å². The van der Waals surface area contributed by atoms with Crippen molar-refractivity contribution in [2.75, 3.05) is 0 Å². The summed E-state index contributed by atoms with van der Waals surface area (Å²) in [5.74, 6) is -0.987. The molecule has 5 nitrogen and oxygen atoms in total. The molecule has 2 rings (SSSR count). The molecular weight excluding hydrogens is 290 g/mol. The topological polar surface area (TPSA) is 96.0 Å². The summed E-state index contributed by atoms with van der Waals surface area (Å²) in [7, 11) is 0. The van der Waals surface area contributed by atoms with Gasteiger partial charge in [-0.3, -0.25) is 9.59 Å². The maximum absolute atomic E-state index is 12.2. The van der Waals surface area contributed by atoms with E-state index in [1.165, 1.54) is 0 Å². The van der Waals surface area contributed by atoms with Crippen LogP contribution in [0.25, 0.3) is 0 Å². The Morgan fingerprint density at radius 3 is 2.48 bits per heavy atom. The van der Waals surface area contributed by atoms with E-state index in [9.17, 15) is 9.59 Å². The number of nitriles is 1. The number of nitrogens with two attached hydrogens (primary N) is 1. The summed E-state index contributed by atoms with van der Waals surface area (Å²) in [6, 6.07) is 15.1. The molecule has 0 heterocycles. The largest absolute Gasteiger partial charge is 0.368 e. The predicted molar refractivity (Wildman–Crippen MR) is 86.5 cm³/mol. The van der Waals surface area contributed by atoms with Gasteiger partial charge in [0.1, 0.15) is 6.04 Å². The molecule has 0 aliphatic rings. The first-order valence-electron chi connectivity index (χ1n) is 7.15. The monoisotopic (exact) mass is 307 g/mol. The molecule has 0 aliphatic carbocycles. The van der Waals surface area contributed by atoms with Crippen molar-refractivity contribution < 1.29 is 9.59 Å². The molecule has 5 heteroatoms. The number of aryl methyl sites for hydroxylation is 1. The molecule has 0 saturated heterocycles. The van der Waals surface area contributed by atoms with Gasteiger partial charge < -0.3 is 11.1 Å². The number of carbonyl (C=O) groups is 2. The number of carbonyl (C=O) groups excluding carboxylic acids is 2. The van der Waals surface area contributed by atoms with Crippen molar-refractivity contribution in [1.29, 1.82) is 5.26 Å². The zero-order chi connectivity index (χ0) is 16.8. The number of hydrogen-bond donors (Lipinski definition) is 2. The fourth-order valence-electron chi connectivity index (χ4n) is 2.24. The van der Waals surface area contributed by atoms with Crippen LogP contribution in [-0.4, -0.2) is 17.9 Å². The van der Waals surface area contributed by atoms with Gasteiger partial charge in [-0.25, -0.2) is 0 Å². The molecule has 2 aromatic carbocycles. The Morgan fingerprint density at radius 2 is 1.91 bits per heavy atom. The fourth-order valence-corrected chi connectivity index (χ4v) is 2.24. The van der Waals surface area contributed by atoms with Crippen LogP contribution in [0.2, 0.25) is 0 Å². The van der Waals surface area contributed by atoms with E-state index in [0.717, 1.165) is 11.1 Å². The highest BCUT2D eigenvalue weighted by Gasteiger charge is 2.19. The highest BCUT2D eigenvalue weighted by atomic mass is 16.2. The summed E-state index contributed by atoms with van der Waals surface area (Å²) < 4.78 is 0. The summed E-state index contributed by atoms with van der Waals surface area (Å²) in [6.45, 7) is 1.96. The number of nitrogens with zero attached hydrogens (tertiary/aromatic N) is 1. The number of primary amides is 1. The molecule has 0 unspecified atom stereocenters. The van der Waals surface area contributed by atoms with Crippen molar-refractivity contribution in [2.45, 2.75) is 19.4 Å². The molecule has 0 aromatic heterocycles. The van der Waals surface area contributed by atoms with E-state index in [0.29, 0.717) is 17.5 Å². The second kappa shape index (κ2) is 7.23. The Bertz CT molecular complexity index is 761. The third-order valence-electron chi connectivity index (χ3n) is 3.45. The van der Waals surface area contributed by atoms with E-state index < -0.39 is 17.9 Å². The minimum absolute atomic E-state index is 0.332. The van der Waals surface area contributed by atoms with Gasteiger partial charge in [0.15, 0.2) is 0 Å². The minimum atomic E-state index is -0.792. The highest BCUT2D eigenvalue weighted by Crippen LogP contribution is 2.08. The first-order valence-corrected chi connectivity index (χ1v) is 7.15. The maximum atomic E-state index is 12.2. The van der Waals surface area contributed by atoms with Crippen molar-refractivity contribution in [3.05, 3.63) is 70.8 Å². The van der Waals surface area contributed by atoms with Crippen molar-refractivity contribution in [1.82, 2.24) is 5.32 Å². The molecule has 116 valence electrons. The van der Waals surface area contributed by atoms with Crippen LogP contribution in [0.5, 0.6) is 0 Å². The summed E-state index contributed by atoms with van der Waals surface area (Å²) >= 11 is 0. The zero-order valence-electron chi connectivity index (χ0n) is 12.7. The summed E-state index contributed by atoms with van der Waals surface area (Å²) in [5.41, 5.74) is 8.24. The van der Waals surface area contributed by atoms with Gasteiger partial charge in [-0.05, 0) is 36.8 Å². The second-order valence-corrected chi connectivity index (χ2v) is 5.31. The molecule has 0 bridgehead atoms. The normalized spacial score (nSPS) is 11.3. The SMILES string of the molecule is Cc1cccc(C[C@@H](NC(=O)c2ccc(C#N)cc2)C(N)=O)c1. The Balaban J connectivity index is 2.11. The lowest BCUT2D eigenvalue weighted by atomic mass is 10.0. The molecule has 0 spiro atoms. The van der Waals surface area contributed by atoms with Crippen LogP contribution < -0.4 is 11.1 Å². The molecule has 0 saturated carbocycles. The van der Waals surface area contributed by atoms with Gasteiger partial charge >= 0.3 is 0 Å². The maximum Gasteiger partial charge on any atom is 0.251 e. The minimum Gasteiger partial charge on any atom is -0.368 e. The molecule has 2 aromatic rings. The van der Waals surface area contributed by atoms with Crippen LogP contribution in [-0.2, 0) is 11.2 Å². The predicted octanol–water partition coefficient (Wildman–Crippen LogP) is 1.69. The highest BCUT2D eigenvalue weighted by molar-refractivity contribution is 5.97. The smallest absolute Gasteiger partial charge is 0.251 e. The third-order valence-corrected chi connectivity index (χ3v) is 3.45. The second-order valence-electron chi connectivity index (χ2n) is 5.31. The average molecular weight is 307 g/mol. The van der Waals surface area contributed by atoms with Gasteiger partial charge in [0, 0.05) is 12.0 Å². The number of rotatable bonds is 5. The molecule has 1 atom stereocenters.